The van der Waals surface area contributed by atoms with E-state index in [4.69, 9.17) is 10.2 Å². The number of rotatable bonds is 22. The first-order valence-corrected chi connectivity index (χ1v) is 11.9. The molecule has 0 fully saturated rings. The number of allylic oxidation sites excluding steroid dienone is 1. The molecular formula is C24H43NO6. The van der Waals surface area contributed by atoms with Crippen molar-refractivity contribution in [3.8, 4) is 0 Å². The summed E-state index contributed by atoms with van der Waals surface area (Å²) < 4.78 is -0.581. The molecule has 7 nitrogen and oxygen atoms in total. The molecule has 2 N–H and O–H groups in total. The molecule has 0 radical (unpaired) electrons. The van der Waals surface area contributed by atoms with Crippen LogP contribution in [0.1, 0.15) is 96.8 Å². The van der Waals surface area contributed by atoms with Gasteiger partial charge in [-0.15, -0.1) is 0 Å². The number of carbonyl (C=O) groups is 3. The first kappa shape index (κ1) is 29.1. The number of carbonyl (C=O) groups excluding carboxylic acids is 1. The monoisotopic (exact) mass is 441 g/mol. The lowest BCUT2D eigenvalue weighted by molar-refractivity contribution is -0.903. The maximum Gasteiger partial charge on any atom is 0.359 e. The van der Waals surface area contributed by atoms with Gasteiger partial charge in [-0.05, 0) is 18.9 Å². The Bertz CT molecular complexity index is 491. The zero-order valence-corrected chi connectivity index (χ0v) is 19.4. The van der Waals surface area contributed by atoms with Gasteiger partial charge in [-0.1, -0.05) is 90.0 Å². The van der Waals surface area contributed by atoms with Gasteiger partial charge >= 0.3 is 11.9 Å². The van der Waals surface area contributed by atoms with E-state index in [0.29, 0.717) is 0 Å². The van der Waals surface area contributed by atoms with E-state index < -0.39 is 42.0 Å². The van der Waals surface area contributed by atoms with Crippen LogP contribution < -0.4 is 5.11 Å². The smallest absolute Gasteiger partial charge is 0.359 e. The lowest BCUT2D eigenvalue weighted by atomic mass is 10.0. The van der Waals surface area contributed by atoms with Gasteiger partial charge in [0.1, 0.15) is 6.54 Å². The third-order valence-electron chi connectivity index (χ3n) is 5.54. The van der Waals surface area contributed by atoms with Gasteiger partial charge in [0.15, 0.2) is 13.1 Å². The molecule has 0 unspecified atom stereocenters. The topological polar surface area (TPSA) is 115 Å². The lowest BCUT2D eigenvalue weighted by Gasteiger charge is -2.35. The van der Waals surface area contributed by atoms with Crippen LogP contribution in [0.15, 0.2) is 12.2 Å². The summed E-state index contributed by atoms with van der Waals surface area (Å²) in [5.74, 6) is -3.91. The van der Waals surface area contributed by atoms with Gasteiger partial charge in [-0.2, -0.15) is 0 Å². The summed E-state index contributed by atoms with van der Waals surface area (Å²) in [7, 11) is 0. The van der Waals surface area contributed by atoms with Crippen LogP contribution in [0.5, 0.6) is 0 Å². The number of quaternary nitrogens is 1. The standard InChI is InChI=1S/C24H43NO6/c1-2-3-4-5-6-7-8-9-10-11-12-13-14-15-16-17-18-25(19-22(26)27,20-23(28)29)21-24(30)31/h16-17H,2-15,18-21H2,1H3,(H2-,26,27,28,29,30,31)/b17-16+. The Morgan fingerprint density at radius 2 is 1.10 bits per heavy atom. The molecule has 0 aliphatic rings. The second kappa shape index (κ2) is 18.8. The third kappa shape index (κ3) is 18.6. The van der Waals surface area contributed by atoms with Crippen molar-refractivity contribution < 1.29 is 34.2 Å². The molecule has 0 heterocycles. The van der Waals surface area contributed by atoms with Crippen LogP contribution in [0.3, 0.4) is 0 Å². The van der Waals surface area contributed by atoms with Crippen molar-refractivity contribution in [1.29, 1.82) is 0 Å². The second-order valence-corrected chi connectivity index (χ2v) is 8.66. The van der Waals surface area contributed by atoms with E-state index in [1.54, 1.807) is 6.08 Å². The second-order valence-electron chi connectivity index (χ2n) is 8.66. The van der Waals surface area contributed by atoms with Crippen LogP contribution in [0.25, 0.3) is 0 Å². The normalized spacial score (nSPS) is 11.8. The summed E-state index contributed by atoms with van der Waals surface area (Å²) in [6.07, 6.45) is 21.1. The summed E-state index contributed by atoms with van der Waals surface area (Å²) in [6.45, 7) is 0.519. The number of nitrogens with zero attached hydrogens (tertiary/aromatic N) is 1. The van der Waals surface area contributed by atoms with Gasteiger partial charge in [0.25, 0.3) is 0 Å². The molecule has 0 saturated carbocycles. The van der Waals surface area contributed by atoms with Crippen LogP contribution in [0, 0.1) is 0 Å². The number of hydrogen-bond donors (Lipinski definition) is 2. The molecule has 0 bridgehead atoms. The van der Waals surface area contributed by atoms with Crippen LogP contribution >= 0.6 is 0 Å². The van der Waals surface area contributed by atoms with E-state index in [1.807, 2.05) is 6.08 Å². The summed E-state index contributed by atoms with van der Waals surface area (Å²) in [5, 5.41) is 29.1. The maximum atomic E-state index is 11.1. The first-order valence-electron chi connectivity index (χ1n) is 11.9. The summed E-state index contributed by atoms with van der Waals surface area (Å²) >= 11 is 0. The molecule has 0 amide bonds. The maximum absolute atomic E-state index is 11.1. The fraction of sp³-hybridized carbons (Fsp3) is 0.792. The third-order valence-corrected chi connectivity index (χ3v) is 5.54. The van der Waals surface area contributed by atoms with Crippen LogP contribution in [-0.2, 0) is 14.4 Å². The van der Waals surface area contributed by atoms with Gasteiger partial charge in [0.05, 0.1) is 12.5 Å². The van der Waals surface area contributed by atoms with Crippen LogP contribution in [-0.4, -0.2) is 58.8 Å². The van der Waals surface area contributed by atoms with Gasteiger partial charge < -0.3 is 20.1 Å². The number of unbranched alkanes of at least 4 members (excludes halogenated alkanes) is 13. The Labute approximate surface area is 187 Å². The minimum absolute atomic E-state index is 0.0467. The van der Waals surface area contributed by atoms with E-state index in [2.05, 4.69) is 6.92 Å². The number of carboxylic acid groups (broad SMARTS) is 3. The molecule has 0 rings (SSSR count). The van der Waals surface area contributed by atoms with E-state index in [-0.39, 0.29) is 6.54 Å². The quantitative estimate of drug-likeness (QED) is 0.150. The van der Waals surface area contributed by atoms with Gasteiger partial charge in [0, 0.05) is 0 Å². The average molecular weight is 442 g/mol. The molecule has 7 heteroatoms. The zero-order valence-electron chi connectivity index (χ0n) is 19.4. The summed E-state index contributed by atoms with van der Waals surface area (Å²) in [4.78, 5) is 33.2. The Hall–Kier alpha value is -1.89. The number of carboxylic acids is 3. The molecule has 0 aromatic heterocycles. The number of aliphatic carboxylic acids is 3. The Morgan fingerprint density at radius 1 is 0.677 bits per heavy atom. The molecule has 0 aromatic carbocycles. The van der Waals surface area contributed by atoms with E-state index >= 15 is 0 Å². The lowest BCUT2D eigenvalue weighted by Crippen LogP contribution is -2.58. The molecule has 0 aliphatic carbocycles. The predicted octanol–water partition coefficient (Wildman–Crippen LogP) is 3.76. The van der Waals surface area contributed by atoms with Gasteiger partial charge in [0.2, 0.25) is 0 Å². The van der Waals surface area contributed by atoms with Crippen molar-refractivity contribution in [3.05, 3.63) is 12.2 Å². The molecule has 0 aromatic rings. The van der Waals surface area contributed by atoms with Crippen molar-refractivity contribution in [2.45, 2.75) is 96.8 Å². The van der Waals surface area contributed by atoms with Crippen LogP contribution in [0.2, 0.25) is 0 Å². The first-order chi connectivity index (χ1) is 14.8. The minimum Gasteiger partial charge on any atom is -0.544 e. The molecule has 0 saturated heterocycles. The average Bonchev–Trinajstić information content (AvgIpc) is 2.66. The largest absolute Gasteiger partial charge is 0.544 e. The van der Waals surface area contributed by atoms with Crippen molar-refractivity contribution >= 4 is 17.9 Å². The molecule has 0 atom stereocenters. The van der Waals surface area contributed by atoms with Crippen molar-refractivity contribution in [2.75, 3.05) is 26.2 Å². The predicted molar refractivity (Wildman–Crippen MR) is 119 cm³/mol. The Balaban J connectivity index is 3.95. The fourth-order valence-electron chi connectivity index (χ4n) is 3.91. The van der Waals surface area contributed by atoms with Crippen molar-refractivity contribution in [3.63, 3.8) is 0 Å². The Morgan fingerprint density at radius 3 is 1.48 bits per heavy atom. The highest BCUT2D eigenvalue weighted by Crippen LogP contribution is 2.13. The van der Waals surface area contributed by atoms with Crippen LogP contribution in [0.4, 0.5) is 0 Å². The van der Waals surface area contributed by atoms with E-state index in [0.717, 1.165) is 19.3 Å². The minimum atomic E-state index is -1.45. The highest BCUT2D eigenvalue weighted by molar-refractivity contribution is 5.72. The fourth-order valence-corrected chi connectivity index (χ4v) is 3.91. The van der Waals surface area contributed by atoms with Gasteiger partial charge in [-0.3, -0.25) is 4.48 Å². The highest BCUT2D eigenvalue weighted by atomic mass is 16.4. The van der Waals surface area contributed by atoms with E-state index in [9.17, 15) is 19.5 Å². The number of hydrogen-bond acceptors (Lipinski definition) is 4. The van der Waals surface area contributed by atoms with Crippen molar-refractivity contribution in [2.24, 2.45) is 0 Å². The molecule has 0 aliphatic heterocycles. The molecule has 31 heavy (non-hydrogen) atoms. The zero-order chi connectivity index (χ0) is 23.4. The Kier molecular flexibility index (Phi) is 17.7. The van der Waals surface area contributed by atoms with E-state index in [1.165, 1.54) is 70.6 Å². The summed E-state index contributed by atoms with van der Waals surface area (Å²) in [5.41, 5.74) is 0. The molecular weight excluding hydrogens is 398 g/mol. The highest BCUT2D eigenvalue weighted by Gasteiger charge is 2.32. The van der Waals surface area contributed by atoms with Gasteiger partial charge in [-0.25, -0.2) is 9.59 Å². The summed E-state index contributed by atoms with van der Waals surface area (Å²) in [6, 6.07) is 0. The molecule has 0 spiro atoms. The molecule has 180 valence electrons. The SMILES string of the molecule is CCCCCCCCCCCCCCC/C=C/C[N+](CC(=O)[O-])(CC(=O)O)CC(=O)O. The van der Waals surface area contributed by atoms with Crippen molar-refractivity contribution in [1.82, 2.24) is 0 Å².